The maximum Gasteiger partial charge on any atom is 0.278 e. The number of ether oxygens (including phenoxy) is 1. The van der Waals surface area contributed by atoms with Gasteiger partial charge in [-0.3, -0.25) is 14.9 Å². The minimum absolute atomic E-state index is 0.0759. The van der Waals surface area contributed by atoms with E-state index in [1.165, 1.54) is 10.9 Å². The van der Waals surface area contributed by atoms with Crippen molar-refractivity contribution in [1.82, 2.24) is 14.9 Å². The Morgan fingerprint density at radius 1 is 1.40 bits per heavy atom. The zero-order chi connectivity index (χ0) is 14.4. The Labute approximate surface area is 112 Å². The van der Waals surface area contributed by atoms with Gasteiger partial charge in [0.25, 0.3) is 5.91 Å². The topological polar surface area (TPSA) is 134 Å². The van der Waals surface area contributed by atoms with E-state index in [4.69, 9.17) is 9.84 Å². The molecular formula is C11H13N3O6. The summed E-state index contributed by atoms with van der Waals surface area (Å²) in [4.78, 5) is 26.9. The van der Waals surface area contributed by atoms with Crippen molar-refractivity contribution in [3.8, 4) is 0 Å². The average Bonchev–Trinajstić information content (AvgIpc) is 2.93. The predicted molar refractivity (Wildman–Crippen MR) is 61.4 cm³/mol. The van der Waals surface area contributed by atoms with Crippen molar-refractivity contribution < 1.29 is 29.6 Å². The number of rotatable bonds is 2. The molecule has 3 heterocycles. The lowest BCUT2D eigenvalue weighted by Gasteiger charge is -2.20. The van der Waals surface area contributed by atoms with Gasteiger partial charge in [0.1, 0.15) is 24.0 Å². The first kappa shape index (κ1) is 13.2. The fourth-order valence-electron chi connectivity index (χ4n) is 2.46. The van der Waals surface area contributed by atoms with E-state index in [0.29, 0.717) is 5.69 Å². The van der Waals surface area contributed by atoms with Gasteiger partial charge >= 0.3 is 0 Å². The van der Waals surface area contributed by atoms with Crippen LogP contribution in [0.2, 0.25) is 0 Å². The molecule has 1 fully saturated rings. The van der Waals surface area contributed by atoms with Gasteiger partial charge in [0.15, 0.2) is 6.23 Å². The highest BCUT2D eigenvalue weighted by atomic mass is 16.6. The van der Waals surface area contributed by atoms with Crippen molar-refractivity contribution in [3.05, 3.63) is 17.7 Å². The fourth-order valence-corrected chi connectivity index (χ4v) is 2.46. The Morgan fingerprint density at radius 2 is 2.15 bits per heavy atom. The Morgan fingerprint density at radius 3 is 2.80 bits per heavy atom. The molecule has 0 radical (unpaired) electrons. The molecule has 9 nitrogen and oxygen atoms in total. The number of imide groups is 1. The third-order valence-electron chi connectivity index (χ3n) is 3.48. The van der Waals surface area contributed by atoms with E-state index in [2.05, 4.69) is 10.3 Å². The molecule has 2 amide bonds. The van der Waals surface area contributed by atoms with Crippen molar-refractivity contribution in [1.29, 1.82) is 0 Å². The number of hydrogen-bond donors (Lipinski definition) is 4. The monoisotopic (exact) mass is 283 g/mol. The summed E-state index contributed by atoms with van der Waals surface area (Å²) in [5.41, 5.74) is 0.399. The van der Waals surface area contributed by atoms with Crippen molar-refractivity contribution >= 4 is 11.8 Å². The second kappa shape index (κ2) is 4.63. The molecule has 0 bridgehead atoms. The molecule has 4 atom stereocenters. The molecule has 9 heteroatoms. The molecule has 3 rings (SSSR count). The lowest BCUT2D eigenvalue weighted by molar-refractivity contribution is -0.120. The van der Waals surface area contributed by atoms with E-state index >= 15 is 0 Å². The van der Waals surface area contributed by atoms with Gasteiger partial charge in [-0.05, 0) is 0 Å². The molecule has 20 heavy (non-hydrogen) atoms. The molecule has 108 valence electrons. The molecule has 0 saturated carbocycles. The third kappa shape index (κ3) is 1.83. The Kier molecular flexibility index (Phi) is 3.05. The molecule has 0 spiro atoms. The van der Waals surface area contributed by atoms with Crippen molar-refractivity contribution in [3.63, 3.8) is 0 Å². The van der Waals surface area contributed by atoms with E-state index in [-0.39, 0.29) is 12.1 Å². The highest BCUT2D eigenvalue weighted by Gasteiger charge is 2.44. The van der Waals surface area contributed by atoms with Crippen LogP contribution in [0.1, 0.15) is 22.4 Å². The smallest absolute Gasteiger partial charge is 0.278 e. The molecule has 2 aliphatic heterocycles. The number of carbonyl (C=O) groups excluding carboxylic acids is 2. The summed E-state index contributed by atoms with van der Waals surface area (Å²) in [6.45, 7) is -0.453. The fraction of sp³-hybridized carbons (Fsp3) is 0.545. The van der Waals surface area contributed by atoms with Crippen LogP contribution in [0, 0.1) is 0 Å². The van der Waals surface area contributed by atoms with Crippen LogP contribution in [0.25, 0.3) is 0 Å². The number of aliphatic hydroxyl groups excluding tert-OH is 3. The normalized spacial score (nSPS) is 33.1. The SMILES string of the molecule is O=C1Cc2c(ncn2[C@@H]2O[C@H](CO)[C@@H](O)[C@H]2O)C(=O)N1. The van der Waals surface area contributed by atoms with Crippen LogP contribution < -0.4 is 5.32 Å². The molecule has 4 N–H and O–H groups in total. The molecule has 1 aromatic rings. The zero-order valence-electron chi connectivity index (χ0n) is 10.3. The summed E-state index contributed by atoms with van der Waals surface area (Å²) < 4.78 is 6.69. The largest absolute Gasteiger partial charge is 0.394 e. The van der Waals surface area contributed by atoms with Gasteiger partial charge in [-0.2, -0.15) is 0 Å². The lowest BCUT2D eigenvalue weighted by Crippen LogP contribution is -2.39. The highest BCUT2D eigenvalue weighted by molar-refractivity contribution is 6.08. The third-order valence-corrected chi connectivity index (χ3v) is 3.48. The van der Waals surface area contributed by atoms with Crippen LogP contribution in [0.15, 0.2) is 6.33 Å². The van der Waals surface area contributed by atoms with E-state index in [0.717, 1.165) is 0 Å². The Bertz CT molecular complexity index is 571. The first-order valence-corrected chi connectivity index (χ1v) is 6.05. The quantitative estimate of drug-likeness (QED) is 0.434. The maximum absolute atomic E-state index is 11.6. The second-order valence-corrected chi connectivity index (χ2v) is 4.73. The van der Waals surface area contributed by atoms with Crippen LogP contribution in [0.4, 0.5) is 0 Å². The number of nitrogens with zero attached hydrogens (tertiary/aromatic N) is 2. The minimum atomic E-state index is -1.29. The Balaban J connectivity index is 1.96. The maximum atomic E-state index is 11.6. The van der Waals surface area contributed by atoms with Crippen molar-refractivity contribution in [2.45, 2.75) is 31.0 Å². The zero-order valence-corrected chi connectivity index (χ0v) is 10.3. The van der Waals surface area contributed by atoms with Crippen molar-refractivity contribution in [2.24, 2.45) is 0 Å². The number of aromatic nitrogens is 2. The molecule has 0 unspecified atom stereocenters. The van der Waals surface area contributed by atoms with Gasteiger partial charge in [0, 0.05) is 0 Å². The number of imidazole rings is 1. The molecule has 0 aliphatic carbocycles. The number of fused-ring (bicyclic) bond motifs is 1. The summed E-state index contributed by atoms with van der Waals surface area (Å²) in [6, 6.07) is 0. The lowest BCUT2D eigenvalue weighted by atomic mass is 10.1. The van der Waals surface area contributed by atoms with E-state index in [1.54, 1.807) is 0 Å². The van der Waals surface area contributed by atoms with Crippen LogP contribution in [0.5, 0.6) is 0 Å². The number of amides is 2. The Hall–Kier alpha value is -1.81. The van der Waals surface area contributed by atoms with Crippen LogP contribution in [0.3, 0.4) is 0 Å². The summed E-state index contributed by atoms with van der Waals surface area (Å²) in [5, 5.41) is 30.8. The average molecular weight is 283 g/mol. The summed E-state index contributed by atoms with van der Waals surface area (Å²) in [5.74, 6) is -1.09. The standard InChI is InChI=1S/C11H13N3O6/c15-2-5-8(17)9(18)11(20-5)14-3-12-7-4(14)1-6(16)13-10(7)19/h3,5,8-9,11,15,17-18H,1-2H2,(H,13,16,19)/t5-,8-,9-,11-/m1/s1. The number of carbonyl (C=O) groups is 2. The van der Waals surface area contributed by atoms with Gasteiger partial charge in [-0.1, -0.05) is 0 Å². The van der Waals surface area contributed by atoms with Gasteiger partial charge in [-0.25, -0.2) is 4.98 Å². The van der Waals surface area contributed by atoms with Crippen LogP contribution >= 0.6 is 0 Å². The summed E-state index contributed by atoms with van der Waals surface area (Å²) in [7, 11) is 0. The number of hydrogen-bond acceptors (Lipinski definition) is 7. The van der Waals surface area contributed by atoms with Crippen molar-refractivity contribution in [2.75, 3.05) is 6.61 Å². The van der Waals surface area contributed by atoms with Crippen LogP contribution in [-0.2, 0) is 16.0 Å². The van der Waals surface area contributed by atoms with Gasteiger partial charge in [0.2, 0.25) is 5.91 Å². The molecule has 1 saturated heterocycles. The van der Waals surface area contributed by atoms with Crippen LogP contribution in [-0.4, -0.2) is 61.6 Å². The first-order chi connectivity index (χ1) is 9.52. The number of aliphatic hydroxyl groups is 3. The molecular weight excluding hydrogens is 270 g/mol. The minimum Gasteiger partial charge on any atom is -0.394 e. The van der Waals surface area contributed by atoms with Gasteiger partial charge < -0.3 is 24.6 Å². The summed E-state index contributed by atoms with van der Waals surface area (Å²) >= 11 is 0. The number of nitrogens with one attached hydrogen (secondary N) is 1. The molecule has 2 aliphatic rings. The van der Waals surface area contributed by atoms with Gasteiger partial charge in [0.05, 0.1) is 25.0 Å². The molecule has 0 aromatic carbocycles. The highest BCUT2D eigenvalue weighted by Crippen LogP contribution is 2.31. The molecule has 1 aromatic heterocycles. The van der Waals surface area contributed by atoms with Gasteiger partial charge in [-0.15, -0.1) is 0 Å². The second-order valence-electron chi connectivity index (χ2n) is 4.73. The summed E-state index contributed by atoms with van der Waals surface area (Å²) in [6.07, 6.45) is -3.28. The van der Waals surface area contributed by atoms with E-state index in [9.17, 15) is 19.8 Å². The van der Waals surface area contributed by atoms with E-state index < -0.39 is 43.0 Å². The first-order valence-electron chi connectivity index (χ1n) is 6.05. The predicted octanol–water partition coefficient (Wildman–Crippen LogP) is -2.69. The van der Waals surface area contributed by atoms with E-state index in [1.807, 2.05) is 0 Å².